The molecule has 2 rings (SSSR count). The molecule has 0 unspecified atom stereocenters. The maximum Gasteiger partial charge on any atom is 0.0471 e. The van der Waals surface area contributed by atoms with Gasteiger partial charge in [0, 0.05) is 15.6 Å². The number of hydrogen-bond donors (Lipinski definition) is 1. The van der Waals surface area contributed by atoms with E-state index in [1.807, 2.05) is 12.1 Å². The third kappa shape index (κ3) is 2.01. The van der Waals surface area contributed by atoms with Crippen LogP contribution in [0.15, 0.2) is 18.2 Å². The van der Waals surface area contributed by atoms with Crippen molar-refractivity contribution in [3.8, 4) is 0 Å². The molecule has 0 atom stereocenters. The van der Waals surface area contributed by atoms with E-state index in [1.165, 1.54) is 6.42 Å². The Kier molecular flexibility index (Phi) is 3.70. The molecule has 0 heterocycles. The predicted molar refractivity (Wildman–Crippen MR) is 63.4 cm³/mol. The fourth-order valence-corrected chi connectivity index (χ4v) is 2.32. The van der Waals surface area contributed by atoms with Gasteiger partial charge >= 0.3 is 0 Å². The molecular formula is C10H12Cl3N. The molecule has 4 heteroatoms. The van der Waals surface area contributed by atoms with Crippen LogP contribution in [-0.4, -0.2) is 0 Å². The van der Waals surface area contributed by atoms with Crippen molar-refractivity contribution in [2.75, 3.05) is 0 Å². The lowest BCUT2D eigenvalue weighted by atomic mass is 9.73. The van der Waals surface area contributed by atoms with Gasteiger partial charge in [0.1, 0.15) is 0 Å². The van der Waals surface area contributed by atoms with Gasteiger partial charge in [0.2, 0.25) is 0 Å². The van der Waals surface area contributed by atoms with E-state index in [4.69, 9.17) is 28.9 Å². The van der Waals surface area contributed by atoms with Gasteiger partial charge in [-0.25, -0.2) is 0 Å². The summed E-state index contributed by atoms with van der Waals surface area (Å²) in [4.78, 5) is 0. The Hall–Kier alpha value is 0.0500. The zero-order valence-electron chi connectivity index (χ0n) is 7.59. The second-order valence-corrected chi connectivity index (χ2v) is 4.48. The Morgan fingerprint density at radius 2 is 1.86 bits per heavy atom. The third-order valence-electron chi connectivity index (χ3n) is 2.71. The summed E-state index contributed by atoms with van der Waals surface area (Å²) < 4.78 is 0. The summed E-state index contributed by atoms with van der Waals surface area (Å²) in [6, 6.07) is 5.53. The van der Waals surface area contributed by atoms with Crippen molar-refractivity contribution in [3.05, 3.63) is 33.8 Å². The highest BCUT2D eigenvalue weighted by atomic mass is 35.5. The molecule has 1 aliphatic rings. The Morgan fingerprint density at radius 3 is 2.29 bits per heavy atom. The first-order chi connectivity index (χ1) is 6.12. The predicted octanol–water partition coefficient (Wildman–Crippen LogP) is 3.75. The molecule has 1 aromatic carbocycles. The molecule has 78 valence electrons. The summed E-state index contributed by atoms with van der Waals surface area (Å²) in [7, 11) is 0. The normalized spacial score (nSPS) is 18.2. The maximum absolute atomic E-state index is 6.15. The van der Waals surface area contributed by atoms with Gasteiger partial charge < -0.3 is 5.73 Å². The lowest BCUT2D eigenvalue weighted by Crippen LogP contribution is -2.43. The van der Waals surface area contributed by atoms with E-state index < -0.39 is 0 Å². The van der Waals surface area contributed by atoms with Crippen LogP contribution in [0.1, 0.15) is 24.8 Å². The van der Waals surface area contributed by atoms with Crippen LogP contribution < -0.4 is 5.73 Å². The van der Waals surface area contributed by atoms with E-state index in [-0.39, 0.29) is 17.9 Å². The monoisotopic (exact) mass is 251 g/mol. The molecule has 0 amide bonds. The Morgan fingerprint density at radius 1 is 1.21 bits per heavy atom. The van der Waals surface area contributed by atoms with Crippen molar-refractivity contribution >= 4 is 35.6 Å². The van der Waals surface area contributed by atoms with E-state index in [0.717, 1.165) is 18.4 Å². The van der Waals surface area contributed by atoms with Gasteiger partial charge in [0.25, 0.3) is 0 Å². The first kappa shape index (κ1) is 12.1. The maximum atomic E-state index is 6.15. The van der Waals surface area contributed by atoms with Crippen molar-refractivity contribution in [2.45, 2.75) is 24.8 Å². The Balaban J connectivity index is 0.000000980. The third-order valence-corrected chi connectivity index (χ3v) is 3.26. The molecule has 0 saturated heterocycles. The topological polar surface area (TPSA) is 26.0 Å². The van der Waals surface area contributed by atoms with Gasteiger partial charge in [-0.1, -0.05) is 29.3 Å². The van der Waals surface area contributed by atoms with Crippen molar-refractivity contribution in [1.82, 2.24) is 0 Å². The number of rotatable bonds is 1. The Bertz CT molecular complexity index is 334. The smallest absolute Gasteiger partial charge is 0.0471 e. The van der Waals surface area contributed by atoms with E-state index in [1.54, 1.807) is 6.07 Å². The van der Waals surface area contributed by atoms with E-state index >= 15 is 0 Å². The van der Waals surface area contributed by atoms with Crippen molar-refractivity contribution in [1.29, 1.82) is 0 Å². The summed E-state index contributed by atoms with van der Waals surface area (Å²) in [5, 5.41) is 1.35. The van der Waals surface area contributed by atoms with Crippen LogP contribution in [0.2, 0.25) is 10.0 Å². The quantitative estimate of drug-likeness (QED) is 0.809. The molecule has 2 N–H and O–H groups in total. The zero-order valence-corrected chi connectivity index (χ0v) is 9.92. The molecule has 0 radical (unpaired) electrons. The van der Waals surface area contributed by atoms with Gasteiger partial charge in [-0.3, -0.25) is 0 Å². The van der Waals surface area contributed by atoms with Crippen LogP contribution in [0.5, 0.6) is 0 Å². The first-order valence-corrected chi connectivity index (χ1v) is 5.12. The average molecular weight is 253 g/mol. The Labute approximate surface area is 100.0 Å². The minimum atomic E-state index is -0.193. The van der Waals surface area contributed by atoms with Gasteiger partial charge in [-0.2, -0.15) is 0 Å². The van der Waals surface area contributed by atoms with Gasteiger partial charge in [-0.05, 0) is 37.0 Å². The number of benzene rings is 1. The number of nitrogens with two attached hydrogens (primary N) is 1. The number of hydrogen-bond acceptors (Lipinski definition) is 1. The van der Waals surface area contributed by atoms with Crippen molar-refractivity contribution in [3.63, 3.8) is 0 Å². The first-order valence-electron chi connectivity index (χ1n) is 4.36. The summed E-state index contributed by atoms with van der Waals surface area (Å²) in [6.45, 7) is 0. The SMILES string of the molecule is Cl.NC1(c2ccc(Cl)cc2Cl)CCC1. The van der Waals surface area contributed by atoms with Crippen LogP contribution in [-0.2, 0) is 5.54 Å². The lowest BCUT2D eigenvalue weighted by molar-refractivity contribution is 0.254. The van der Waals surface area contributed by atoms with Crippen LogP contribution >= 0.6 is 35.6 Å². The molecule has 0 bridgehead atoms. The molecule has 1 saturated carbocycles. The van der Waals surface area contributed by atoms with Crippen molar-refractivity contribution in [2.24, 2.45) is 5.73 Å². The van der Waals surface area contributed by atoms with Crippen LogP contribution in [0.3, 0.4) is 0 Å². The van der Waals surface area contributed by atoms with Gasteiger partial charge in [0.15, 0.2) is 0 Å². The van der Waals surface area contributed by atoms with Gasteiger partial charge in [-0.15, -0.1) is 12.4 Å². The molecule has 1 fully saturated rings. The van der Waals surface area contributed by atoms with E-state index in [9.17, 15) is 0 Å². The lowest BCUT2D eigenvalue weighted by Gasteiger charge is -2.39. The van der Waals surface area contributed by atoms with Crippen LogP contribution in [0, 0.1) is 0 Å². The number of halogens is 3. The van der Waals surface area contributed by atoms with E-state index in [2.05, 4.69) is 0 Å². The highest BCUT2D eigenvalue weighted by Crippen LogP contribution is 2.42. The standard InChI is InChI=1S/C10H11Cl2N.ClH/c11-7-2-3-8(9(12)6-7)10(13)4-1-5-10;/h2-3,6H,1,4-5,13H2;1H. The molecule has 0 aliphatic heterocycles. The van der Waals surface area contributed by atoms with E-state index in [0.29, 0.717) is 10.0 Å². The largest absolute Gasteiger partial charge is 0.321 e. The summed E-state index contributed by atoms with van der Waals surface area (Å²) in [5.41, 5.74) is 6.99. The molecular weight excluding hydrogens is 240 g/mol. The highest BCUT2D eigenvalue weighted by Gasteiger charge is 2.35. The second kappa shape index (κ2) is 4.28. The average Bonchev–Trinajstić information content (AvgIpc) is 2.00. The summed E-state index contributed by atoms with van der Waals surface area (Å²) >= 11 is 11.9. The molecule has 1 aromatic rings. The van der Waals surface area contributed by atoms with Crippen LogP contribution in [0.25, 0.3) is 0 Å². The fourth-order valence-electron chi connectivity index (χ4n) is 1.72. The zero-order chi connectivity index (χ0) is 9.47. The molecule has 14 heavy (non-hydrogen) atoms. The highest BCUT2D eigenvalue weighted by molar-refractivity contribution is 6.35. The van der Waals surface area contributed by atoms with Gasteiger partial charge in [0.05, 0.1) is 0 Å². The fraction of sp³-hybridized carbons (Fsp3) is 0.400. The molecule has 1 nitrogen and oxygen atoms in total. The molecule has 1 aliphatic carbocycles. The summed E-state index contributed by atoms with van der Waals surface area (Å²) in [6.07, 6.45) is 3.23. The molecule has 0 aromatic heterocycles. The van der Waals surface area contributed by atoms with Crippen molar-refractivity contribution < 1.29 is 0 Å². The van der Waals surface area contributed by atoms with Crippen LogP contribution in [0.4, 0.5) is 0 Å². The second-order valence-electron chi connectivity index (χ2n) is 3.63. The molecule has 0 spiro atoms. The minimum absolute atomic E-state index is 0. The minimum Gasteiger partial charge on any atom is -0.321 e. The summed E-state index contributed by atoms with van der Waals surface area (Å²) in [5.74, 6) is 0.